The number of ether oxygens (including phenoxy) is 2. The molecule has 130 valence electrons. The molecular weight excluding hydrogens is 328 g/mol. The van der Waals surface area contributed by atoms with Crippen LogP contribution < -0.4 is 15.4 Å². The summed E-state index contributed by atoms with van der Waals surface area (Å²) in [7, 11) is 1.47. The van der Waals surface area contributed by atoms with Crippen LogP contribution in [0.4, 0.5) is 0 Å². The summed E-state index contributed by atoms with van der Waals surface area (Å²) in [5, 5.41) is 16.2. The molecule has 1 aromatic rings. The molecule has 3 N–H and O–H groups in total. The molecule has 24 heavy (non-hydrogen) atoms. The number of carbonyl (C=O) groups is 1. The Balaban J connectivity index is 2.39. The van der Waals surface area contributed by atoms with Crippen LogP contribution in [0.2, 0.25) is 0 Å². The van der Waals surface area contributed by atoms with E-state index in [1.54, 1.807) is 19.1 Å². The van der Waals surface area contributed by atoms with Gasteiger partial charge in [-0.15, -0.1) is 0 Å². The lowest BCUT2D eigenvalue weighted by molar-refractivity contribution is -0.140. The van der Waals surface area contributed by atoms with Crippen LogP contribution in [-0.4, -0.2) is 29.9 Å². The first-order valence-corrected chi connectivity index (χ1v) is 8.06. The van der Waals surface area contributed by atoms with Crippen LogP contribution >= 0.6 is 12.2 Å². The Bertz CT molecular complexity index is 685. The molecule has 1 aromatic carbocycles. The molecule has 1 aliphatic rings. The number of phenols is 1. The summed E-state index contributed by atoms with van der Waals surface area (Å²) in [6.07, 6.45) is 0. The van der Waals surface area contributed by atoms with Crippen molar-refractivity contribution in [2.24, 2.45) is 5.92 Å². The maximum atomic E-state index is 12.5. The Morgan fingerprint density at radius 2 is 2.12 bits per heavy atom. The molecule has 6 nitrogen and oxygen atoms in total. The number of carbonyl (C=O) groups excluding carboxylic acids is 1. The van der Waals surface area contributed by atoms with Gasteiger partial charge in [0.2, 0.25) is 0 Å². The highest BCUT2D eigenvalue weighted by atomic mass is 32.1. The van der Waals surface area contributed by atoms with Gasteiger partial charge in [0.05, 0.1) is 25.3 Å². The van der Waals surface area contributed by atoms with Crippen molar-refractivity contribution < 1.29 is 19.4 Å². The first-order valence-electron chi connectivity index (χ1n) is 7.65. The Labute approximate surface area is 146 Å². The van der Waals surface area contributed by atoms with E-state index < -0.39 is 12.0 Å². The first-order chi connectivity index (χ1) is 11.3. The van der Waals surface area contributed by atoms with E-state index in [-0.39, 0.29) is 11.7 Å². The number of benzene rings is 1. The lowest BCUT2D eigenvalue weighted by atomic mass is 9.95. The van der Waals surface area contributed by atoms with Gasteiger partial charge in [0.15, 0.2) is 16.6 Å². The summed E-state index contributed by atoms with van der Waals surface area (Å²) in [5.41, 5.74) is 1.84. The summed E-state index contributed by atoms with van der Waals surface area (Å²) in [6, 6.07) is 4.43. The van der Waals surface area contributed by atoms with Crippen molar-refractivity contribution in [2.45, 2.75) is 26.8 Å². The van der Waals surface area contributed by atoms with E-state index in [1.165, 1.54) is 13.2 Å². The molecule has 0 saturated heterocycles. The fourth-order valence-corrected chi connectivity index (χ4v) is 2.68. The van der Waals surface area contributed by atoms with Gasteiger partial charge in [0.25, 0.3) is 0 Å². The zero-order chi connectivity index (χ0) is 17.9. The lowest BCUT2D eigenvalue weighted by Crippen LogP contribution is -2.45. The van der Waals surface area contributed by atoms with Crippen LogP contribution in [0.25, 0.3) is 0 Å². The Kier molecular flexibility index (Phi) is 5.66. The number of methoxy groups -OCH3 is 1. The van der Waals surface area contributed by atoms with Crippen molar-refractivity contribution in [3.63, 3.8) is 0 Å². The predicted octanol–water partition coefficient (Wildman–Crippen LogP) is 2.39. The Hall–Kier alpha value is -2.28. The van der Waals surface area contributed by atoms with Crippen LogP contribution in [0.1, 0.15) is 32.4 Å². The number of aromatic hydroxyl groups is 1. The molecule has 0 spiro atoms. The normalized spacial score (nSPS) is 17.4. The summed E-state index contributed by atoms with van der Waals surface area (Å²) in [4.78, 5) is 12.5. The fraction of sp³-hybridized carbons (Fsp3) is 0.412. The highest BCUT2D eigenvalue weighted by Gasteiger charge is 2.31. The Morgan fingerprint density at radius 1 is 1.42 bits per heavy atom. The number of allylic oxidation sites excluding steroid dienone is 1. The maximum Gasteiger partial charge on any atom is 0.338 e. The number of phenolic OH excluding ortho intramolecular Hbond substituents is 1. The molecule has 7 heteroatoms. The van der Waals surface area contributed by atoms with Crippen molar-refractivity contribution in [1.82, 2.24) is 10.6 Å². The molecular formula is C17H22N2O4S. The molecule has 0 aliphatic carbocycles. The van der Waals surface area contributed by atoms with Crippen LogP contribution in [0, 0.1) is 5.92 Å². The third-order valence-corrected chi connectivity index (χ3v) is 3.79. The molecule has 0 amide bonds. The minimum atomic E-state index is -0.479. The van der Waals surface area contributed by atoms with Crippen molar-refractivity contribution in [1.29, 1.82) is 0 Å². The minimum Gasteiger partial charge on any atom is -0.504 e. The number of thiocarbonyl (C=S) groups is 1. The standard InChI is InChI=1S/C17H22N2O4S/c1-9(2)8-23-16(21)14-10(3)18-17(24)19-15(14)11-5-6-12(20)13(7-11)22-4/h5-7,9,15,20H,8H2,1-4H3,(H2,18,19,24)/t15-/m0/s1. The van der Waals surface area contributed by atoms with Gasteiger partial charge in [0.1, 0.15) is 0 Å². The lowest BCUT2D eigenvalue weighted by Gasteiger charge is -2.30. The maximum absolute atomic E-state index is 12.5. The van der Waals surface area contributed by atoms with E-state index in [4.69, 9.17) is 21.7 Å². The van der Waals surface area contributed by atoms with Gasteiger partial charge in [-0.2, -0.15) is 0 Å². The van der Waals surface area contributed by atoms with E-state index >= 15 is 0 Å². The smallest absolute Gasteiger partial charge is 0.338 e. The van der Waals surface area contributed by atoms with Crippen LogP contribution in [0.5, 0.6) is 11.5 Å². The molecule has 0 saturated carbocycles. The van der Waals surface area contributed by atoms with Gasteiger partial charge in [-0.3, -0.25) is 0 Å². The van der Waals surface area contributed by atoms with Crippen molar-refractivity contribution in [2.75, 3.05) is 13.7 Å². The van der Waals surface area contributed by atoms with Crippen LogP contribution in [0.15, 0.2) is 29.5 Å². The first kappa shape index (κ1) is 18.1. The third kappa shape index (κ3) is 3.97. The summed E-state index contributed by atoms with van der Waals surface area (Å²) < 4.78 is 10.5. The topological polar surface area (TPSA) is 79.8 Å². The number of hydrogen-bond donors (Lipinski definition) is 3. The molecule has 0 unspecified atom stereocenters. The van der Waals surface area contributed by atoms with Gasteiger partial charge in [-0.05, 0) is 42.8 Å². The number of esters is 1. The van der Waals surface area contributed by atoms with E-state index in [1.807, 2.05) is 13.8 Å². The largest absolute Gasteiger partial charge is 0.504 e. The SMILES string of the molecule is COc1cc([C@@H]2NC(=S)NC(C)=C2C(=O)OCC(C)C)ccc1O. The number of hydrogen-bond acceptors (Lipinski definition) is 5. The molecule has 0 radical (unpaired) electrons. The highest BCUT2D eigenvalue weighted by Crippen LogP contribution is 2.33. The van der Waals surface area contributed by atoms with Crippen molar-refractivity contribution in [3.05, 3.63) is 35.0 Å². The quantitative estimate of drug-likeness (QED) is 0.556. The van der Waals surface area contributed by atoms with E-state index in [0.29, 0.717) is 28.7 Å². The molecule has 0 bridgehead atoms. The number of rotatable bonds is 5. The summed E-state index contributed by atoms with van der Waals surface area (Å²) in [5.74, 6) is 0.196. The average molecular weight is 350 g/mol. The highest BCUT2D eigenvalue weighted by molar-refractivity contribution is 7.80. The zero-order valence-corrected chi connectivity index (χ0v) is 15.0. The molecule has 1 atom stereocenters. The Morgan fingerprint density at radius 3 is 2.75 bits per heavy atom. The van der Waals surface area contributed by atoms with Gasteiger partial charge < -0.3 is 25.2 Å². The second kappa shape index (κ2) is 7.53. The van der Waals surface area contributed by atoms with Gasteiger partial charge in [-0.1, -0.05) is 19.9 Å². The molecule has 0 fully saturated rings. The fourth-order valence-electron chi connectivity index (χ4n) is 2.41. The third-order valence-electron chi connectivity index (χ3n) is 3.57. The second-order valence-electron chi connectivity index (χ2n) is 5.99. The molecule has 0 aromatic heterocycles. The minimum absolute atomic E-state index is 0.0300. The van der Waals surface area contributed by atoms with Crippen molar-refractivity contribution >= 4 is 23.3 Å². The molecule has 2 rings (SSSR count). The summed E-state index contributed by atoms with van der Waals surface area (Å²) in [6.45, 7) is 6.07. The van der Waals surface area contributed by atoms with E-state index in [2.05, 4.69) is 10.6 Å². The van der Waals surface area contributed by atoms with E-state index in [9.17, 15) is 9.90 Å². The van der Waals surface area contributed by atoms with Gasteiger partial charge in [-0.25, -0.2) is 4.79 Å². The van der Waals surface area contributed by atoms with Crippen LogP contribution in [0.3, 0.4) is 0 Å². The predicted molar refractivity (Wildman–Crippen MR) is 94.8 cm³/mol. The monoisotopic (exact) mass is 350 g/mol. The number of nitrogens with one attached hydrogen (secondary N) is 2. The summed E-state index contributed by atoms with van der Waals surface area (Å²) >= 11 is 5.20. The van der Waals surface area contributed by atoms with E-state index in [0.717, 1.165) is 5.56 Å². The molecule has 1 heterocycles. The van der Waals surface area contributed by atoms with Crippen molar-refractivity contribution in [3.8, 4) is 11.5 Å². The second-order valence-corrected chi connectivity index (χ2v) is 6.40. The average Bonchev–Trinajstić information content (AvgIpc) is 2.52. The van der Waals surface area contributed by atoms with Crippen LogP contribution in [-0.2, 0) is 9.53 Å². The zero-order valence-electron chi connectivity index (χ0n) is 14.2. The van der Waals surface area contributed by atoms with Gasteiger partial charge >= 0.3 is 5.97 Å². The molecule has 1 aliphatic heterocycles. The van der Waals surface area contributed by atoms with Gasteiger partial charge in [0, 0.05) is 5.70 Å².